The van der Waals surface area contributed by atoms with Gasteiger partial charge in [-0.15, -0.1) is 0 Å². The molecule has 3 heteroatoms. The Bertz CT molecular complexity index is 474. The molecule has 0 aliphatic heterocycles. The molecule has 1 heterocycles. The Balaban J connectivity index is 2.35. The molecule has 1 N–H and O–H groups in total. The van der Waals surface area contributed by atoms with Crippen LogP contribution in [0.15, 0.2) is 48.8 Å². The monoisotopic (exact) mass is 214 g/mol. The molecule has 2 rings (SSSR count). The number of hydrogen-bond donors (Lipinski definition) is 1. The Kier molecular flexibility index (Phi) is 3.05. The number of nitrogens with one attached hydrogen (secondary N) is 1. The summed E-state index contributed by atoms with van der Waals surface area (Å²) in [4.78, 5) is 11.4. The predicted molar refractivity (Wildman–Crippen MR) is 64.7 cm³/mol. The highest BCUT2D eigenvalue weighted by atomic mass is 16.1. The number of aromatic nitrogens is 1. The van der Waals surface area contributed by atoms with Gasteiger partial charge in [0.05, 0.1) is 11.4 Å². The lowest BCUT2D eigenvalue weighted by Gasteiger charge is -2.11. The van der Waals surface area contributed by atoms with Crippen molar-refractivity contribution < 1.29 is 4.79 Å². The van der Waals surface area contributed by atoms with Crippen molar-refractivity contribution in [2.24, 2.45) is 0 Å². The fourth-order valence-corrected chi connectivity index (χ4v) is 1.54. The highest BCUT2D eigenvalue weighted by Crippen LogP contribution is 2.19. The topological polar surface area (TPSA) is 34.0 Å². The molecule has 1 aromatic heterocycles. The second-order valence-corrected chi connectivity index (χ2v) is 3.51. The first kappa shape index (κ1) is 10.5. The summed E-state index contributed by atoms with van der Waals surface area (Å²) in [6.07, 6.45) is 4.40. The largest absolute Gasteiger partial charge is 0.324 e. The van der Waals surface area contributed by atoms with Gasteiger partial charge in [0.1, 0.15) is 0 Å². The summed E-state index contributed by atoms with van der Waals surface area (Å²) in [6, 6.07) is 11.7. The Hall–Kier alpha value is -2.03. The number of para-hydroxylation sites is 2. The van der Waals surface area contributed by atoms with Gasteiger partial charge in [-0.2, -0.15) is 0 Å². The van der Waals surface area contributed by atoms with E-state index in [1.54, 1.807) is 0 Å². The zero-order valence-electron chi connectivity index (χ0n) is 9.18. The van der Waals surface area contributed by atoms with Gasteiger partial charge in [-0.3, -0.25) is 4.79 Å². The number of carbonyl (C=O) groups is 1. The lowest BCUT2D eigenvalue weighted by molar-refractivity contribution is -0.115. The second-order valence-electron chi connectivity index (χ2n) is 3.51. The molecule has 1 amide bonds. The molecule has 16 heavy (non-hydrogen) atoms. The van der Waals surface area contributed by atoms with E-state index in [1.165, 1.54) is 0 Å². The van der Waals surface area contributed by atoms with E-state index in [2.05, 4.69) is 5.32 Å². The highest BCUT2D eigenvalue weighted by molar-refractivity contribution is 5.92. The molecular formula is C13H14N2O. The van der Waals surface area contributed by atoms with Crippen LogP contribution in [0.25, 0.3) is 5.69 Å². The molecule has 2 aromatic rings. The average Bonchev–Trinajstić information content (AvgIpc) is 2.83. The van der Waals surface area contributed by atoms with Crippen molar-refractivity contribution in [1.82, 2.24) is 4.57 Å². The van der Waals surface area contributed by atoms with Crippen LogP contribution in [-0.2, 0) is 4.79 Å². The van der Waals surface area contributed by atoms with E-state index in [9.17, 15) is 4.79 Å². The molecular weight excluding hydrogens is 200 g/mol. The van der Waals surface area contributed by atoms with Crippen LogP contribution in [0.3, 0.4) is 0 Å². The van der Waals surface area contributed by atoms with Crippen LogP contribution >= 0.6 is 0 Å². The quantitative estimate of drug-likeness (QED) is 0.837. The van der Waals surface area contributed by atoms with Gasteiger partial charge in [0.25, 0.3) is 0 Å². The third-order valence-corrected chi connectivity index (χ3v) is 2.38. The minimum atomic E-state index is 0.0274. The maximum absolute atomic E-state index is 11.4. The molecule has 0 bridgehead atoms. The van der Waals surface area contributed by atoms with E-state index in [0.717, 1.165) is 11.4 Å². The third-order valence-electron chi connectivity index (χ3n) is 2.38. The fourth-order valence-electron chi connectivity index (χ4n) is 1.54. The van der Waals surface area contributed by atoms with Crippen molar-refractivity contribution >= 4 is 11.6 Å². The summed E-state index contributed by atoms with van der Waals surface area (Å²) in [5.74, 6) is 0.0274. The van der Waals surface area contributed by atoms with E-state index < -0.39 is 0 Å². The van der Waals surface area contributed by atoms with Crippen LogP contribution in [0, 0.1) is 0 Å². The predicted octanol–water partition coefficient (Wildman–Crippen LogP) is 2.83. The zero-order valence-corrected chi connectivity index (χ0v) is 9.18. The number of hydrogen-bond acceptors (Lipinski definition) is 1. The van der Waals surface area contributed by atoms with Crippen LogP contribution < -0.4 is 5.32 Å². The van der Waals surface area contributed by atoms with Gasteiger partial charge in [-0.25, -0.2) is 0 Å². The zero-order chi connectivity index (χ0) is 11.4. The second kappa shape index (κ2) is 4.66. The summed E-state index contributed by atoms with van der Waals surface area (Å²) in [5.41, 5.74) is 1.82. The number of benzene rings is 1. The van der Waals surface area contributed by atoms with E-state index in [-0.39, 0.29) is 5.91 Å². The molecule has 0 aliphatic rings. The molecule has 0 saturated heterocycles. The molecule has 0 spiro atoms. The standard InChI is InChI=1S/C13H14N2O/c1-2-13(16)14-11-7-3-4-8-12(11)15-9-5-6-10-15/h3-10H,2H2,1H3,(H,14,16). The Morgan fingerprint density at radius 3 is 2.56 bits per heavy atom. The highest BCUT2D eigenvalue weighted by Gasteiger charge is 2.05. The van der Waals surface area contributed by atoms with Crippen molar-refractivity contribution in [3.05, 3.63) is 48.8 Å². The van der Waals surface area contributed by atoms with Crippen molar-refractivity contribution in [3.8, 4) is 5.69 Å². The van der Waals surface area contributed by atoms with Crippen LogP contribution in [-0.4, -0.2) is 10.5 Å². The van der Waals surface area contributed by atoms with E-state index in [0.29, 0.717) is 6.42 Å². The van der Waals surface area contributed by atoms with Crippen LogP contribution in [0.4, 0.5) is 5.69 Å². The van der Waals surface area contributed by atoms with E-state index in [4.69, 9.17) is 0 Å². The molecule has 0 radical (unpaired) electrons. The van der Waals surface area contributed by atoms with Crippen molar-refractivity contribution in [2.75, 3.05) is 5.32 Å². The van der Waals surface area contributed by atoms with Gasteiger partial charge < -0.3 is 9.88 Å². The molecule has 82 valence electrons. The summed E-state index contributed by atoms with van der Waals surface area (Å²) in [5, 5.41) is 2.89. The SMILES string of the molecule is CCC(=O)Nc1ccccc1-n1cccc1. The molecule has 0 unspecified atom stereocenters. The van der Waals surface area contributed by atoms with Crippen molar-refractivity contribution in [3.63, 3.8) is 0 Å². The molecule has 3 nitrogen and oxygen atoms in total. The van der Waals surface area contributed by atoms with Crippen LogP contribution in [0.1, 0.15) is 13.3 Å². The smallest absolute Gasteiger partial charge is 0.224 e. The van der Waals surface area contributed by atoms with Gasteiger partial charge in [0, 0.05) is 18.8 Å². The molecule has 0 aliphatic carbocycles. The van der Waals surface area contributed by atoms with E-state index >= 15 is 0 Å². The van der Waals surface area contributed by atoms with Crippen LogP contribution in [0.5, 0.6) is 0 Å². The Morgan fingerprint density at radius 2 is 1.88 bits per heavy atom. The van der Waals surface area contributed by atoms with Gasteiger partial charge in [0.15, 0.2) is 0 Å². The van der Waals surface area contributed by atoms with Gasteiger partial charge >= 0.3 is 0 Å². The molecule has 1 aromatic carbocycles. The minimum Gasteiger partial charge on any atom is -0.324 e. The first-order valence-corrected chi connectivity index (χ1v) is 5.33. The first-order chi connectivity index (χ1) is 7.81. The third kappa shape index (κ3) is 2.14. The lowest BCUT2D eigenvalue weighted by atomic mass is 10.2. The molecule has 0 fully saturated rings. The first-order valence-electron chi connectivity index (χ1n) is 5.33. The maximum atomic E-state index is 11.4. The summed E-state index contributed by atoms with van der Waals surface area (Å²) in [7, 11) is 0. The molecule has 0 atom stereocenters. The van der Waals surface area contributed by atoms with Gasteiger partial charge in [0.2, 0.25) is 5.91 Å². The van der Waals surface area contributed by atoms with Gasteiger partial charge in [-0.05, 0) is 24.3 Å². The summed E-state index contributed by atoms with van der Waals surface area (Å²) >= 11 is 0. The average molecular weight is 214 g/mol. The number of carbonyl (C=O) groups excluding carboxylic acids is 1. The Morgan fingerprint density at radius 1 is 1.19 bits per heavy atom. The lowest BCUT2D eigenvalue weighted by Crippen LogP contribution is -2.11. The maximum Gasteiger partial charge on any atom is 0.224 e. The van der Waals surface area contributed by atoms with Crippen molar-refractivity contribution in [2.45, 2.75) is 13.3 Å². The van der Waals surface area contributed by atoms with Crippen molar-refractivity contribution in [1.29, 1.82) is 0 Å². The fraction of sp³-hybridized carbons (Fsp3) is 0.154. The number of nitrogens with zero attached hydrogens (tertiary/aromatic N) is 1. The van der Waals surface area contributed by atoms with Gasteiger partial charge in [-0.1, -0.05) is 19.1 Å². The number of rotatable bonds is 3. The number of amides is 1. The summed E-state index contributed by atoms with van der Waals surface area (Å²) in [6.45, 7) is 1.84. The normalized spacial score (nSPS) is 10.1. The van der Waals surface area contributed by atoms with E-state index in [1.807, 2.05) is 60.3 Å². The van der Waals surface area contributed by atoms with Crippen LogP contribution in [0.2, 0.25) is 0 Å². The number of anilines is 1. The Labute approximate surface area is 94.7 Å². The minimum absolute atomic E-state index is 0.0274. The molecule has 0 saturated carbocycles. The summed E-state index contributed by atoms with van der Waals surface area (Å²) < 4.78 is 1.98.